The molecule has 0 amide bonds. The van der Waals surface area contributed by atoms with Crippen LogP contribution in [0.5, 0.6) is 0 Å². The van der Waals surface area contributed by atoms with E-state index in [0.717, 1.165) is 11.9 Å². The van der Waals surface area contributed by atoms with Gasteiger partial charge >= 0.3 is 0 Å². The molecule has 0 saturated heterocycles. The summed E-state index contributed by atoms with van der Waals surface area (Å²) in [4.78, 5) is 4.43. The fourth-order valence-corrected chi connectivity index (χ4v) is 2.23. The first-order valence-electron chi connectivity index (χ1n) is 7.20. The van der Waals surface area contributed by atoms with Gasteiger partial charge in [0.05, 0.1) is 5.52 Å². The van der Waals surface area contributed by atoms with Gasteiger partial charge < -0.3 is 0 Å². The maximum atomic E-state index is 4.43. The molecule has 0 radical (unpaired) electrons. The molecule has 0 unspecified atom stereocenters. The Bertz CT molecular complexity index is 672. The van der Waals surface area contributed by atoms with E-state index in [4.69, 9.17) is 0 Å². The minimum absolute atomic E-state index is 0.977. The molecule has 0 aliphatic heterocycles. The van der Waals surface area contributed by atoms with Crippen molar-refractivity contribution >= 4 is 10.9 Å². The van der Waals surface area contributed by atoms with Gasteiger partial charge in [-0.15, -0.1) is 0 Å². The summed E-state index contributed by atoms with van der Waals surface area (Å²) in [6.07, 6.45) is 2.89. The first-order chi connectivity index (χ1) is 9.81. The van der Waals surface area contributed by atoms with Crippen molar-refractivity contribution in [1.82, 2.24) is 4.98 Å². The maximum absolute atomic E-state index is 4.43. The van der Waals surface area contributed by atoms with E-state index < -0.39 is 0 Å². The van der Waals surface area contributed by atoms with Gasteiger partial charge in [0.25, 0.3) is 0 Å². The first kappa shape index (κ1) is 14.3. The molecule has 1 heterocycles. The predicted molar refractivity (Wildman–Crippen MR) is 87.1 cm³/mol. The van der Waals surface area contributed by atoms with Crippen molar-refractivity contribution in [2.75, 3.05) is 0 Å². The molecule has 1 heteroatoms. The standard InChI is InChI=1S/C17H15N.C2H6/c1-13-9-16-11-15(7-8-17(16)18-12-13)10-14-5-3-2-4-6-14;1-2/h2-9,11-12H,10H2,1H3;1-2H3. The number of aryl methyl sites for hydroxylation is 1. The van der Waals surface area contributed by atoms with Gasteiger partial charge in [-0.25, -0.2) is 0 Å². The summed E-state index contributed by atoms with van der Waals surface area (Å²) in [5, 5.41) is 1.23. The number of hydrogen-bond donors (Lipinski definition) is 0. The summed E-state index contributed by atoms with van der Waals surface area (Å²) in [6.45, 7) is 6.08. The lowest BCUT2D eigenvalue weighted by molar-refractivity contribution is 1.20. The number of benzene rings is 2. The Morgan fingerprint density at radius 1 is 0.850 bits per heavy atom. The average Bonchev–Trinajstić information content (AvgIpc) is 2.50. The SMILES string of the molecule is CC.Cc1cnc2ccc(Cc3ccccc3)cc2c1. The van der Waals surface area contributed by atoms with Crippen LogP contribution in [-0.2, 0) is 6.42 Å². The first-order valence-corrected chi connectivity index (χ1v) is 7.20. The van der Waals surface area contributed by atoms with Gasteiger partial charge in [-0.05, 0) is 48.2 Å². The molecule has 0 saturated carbocycles. The number of pyridine rings is 1. The molecule has 0 bridgehead atoms. The van der Waals surface area contributed by atoms with Gasteiger partial charge in [0.1, 0.15) is 0 Å². The lowest BCUT2D eigenvalue weighted by atomic mass is 10.0. The van der Waals surface area contributed by atoms with Gasteiger partial charge in [-0.3, -0.25) is 4.98 Å². The molecule has 20 heavy (non-hydrogen) atoms. The van der Waals surface area contributed by atoms with E-state index in [0.29, 0.717) is 0 Å². The van der Waals surface area contributed by atoms with Crippen molar-refractivity contribution in [2.24, 2.45) is 0 Å². The summed E-state index contributed by atoms with van der Waals surface area (Å²) in [5.74, 6) is 0. The van der Waals surface area contributed by atoms with Crippen LogP contribution >= 0.6 is 0 Å². The lowest BCUT2D eigenvalue weighted by Crippen LogP contribution is -1.89. The zero-order valence-corrected chi connectivity index (χ0v) is 12.4. The van der Waals surface area contributed by atoms with E-state index in [1.54, 1.807) is 0 Å². The molecule has 1 nitrogen and oxygen atoms in total. The van der Waals surface area contributed by atoms with Crippen molar-refractivity contribution < 1.29 is 0 Å². The van der Waals surface area contributed by atoms with Crippen LogP contribution in [0.1, 0.15) is 30.5 Å². The van der Waals surface area contributed by atoms with E-state index in [2.05, 4.69) is 66.5 Å². The largest absolute Gasteiger partial charge is 0.256 e. The number of aromatic nitrogens is 1. The third-order valence-corrected chi connectivity index (χ3v) is 3.13. The highest BCUT2D eigenvalue weighted by Crippen LogP contribution is 2.17. The zero-order chi connectivity index (χ0) is 14.4. The number of nitrogens with zero attached hydrogens (tertiary/aromatic N) is 1. The molecule has 0 N–H and O–H groups in total. The summed E-state index contributed by atoms with van der Waals surface area (Å²) < 4.78 is 0. The molecule has 0 aliphatic carbocycles. The van der Waals surface area contributed by atoms with E-state index in [-0.39, 0.29) is 0 Å². The topological polar surface area (TPSA) is 12.9 Å². The Morgan fingerprint density at radius 3 is 2.35 bits per heavy atom. The van der Waals surface area contributed by atoms with Crippen molar-refractivity contribution in [2.45, 2.75) is 27.2 Å². The normalized spacial score (nSPS) is 9.95. The minimum atomic E-state index is 0.977. The predicted octanol–water partition coefficient (Wildman–Crippen LogP) is 5.16. The van der Waals surface area contributed by atoms with Crippen molar-refractivity contribution in [1.29, 1.82) is 0 Å². The van der Waals surface area contributed by atoms with Gasteiger partial charge in [0.15, 0.2) is 0 Å². The van der Waals surface area contributed by atoms with E-state index in [1.807, 2.05) is 20.0 Å². The molecule has 102 valence electrons. The van der Waals surface area contributed by atoms with Crippen molar-refractivity contribution in [3.05, 3.63) is 77.5 Å². The third kappa shape index (κ3) is 3.45. The monoisotopic (exact) mass is 263 g/mol. The number of rotatable bonds is 2. The molecule has 0 aliphatic rings. The Morgan fingerprint density at radius 2 is 1.60 bits per heavy atom. The second-order valence-electron chi connectivity index (χ2n) is 4.70. The van der Waals surface area contributed by atoms with Gasteiger partial charge in [-0.2, -0.15) is 0 Å². The van der Waals surface area contributed by atoms with Crippen LogP contribution in [0.15, 0.2) is 60.8 Å². The molecule has 0 fully saturated rings. The number of fused-ring (bicyclic) bond motifs is 1. The summed E-state index contributed by atoms with van der Waals surface area (Å²) in [6, 6.07) is 19.3. The van der Waals surface area contributed by atoms with Crippen LogP contribution in [0.25, 0.3) is 10.9 Å². The Labute approximate surface area is 121 Å². The van der Waals surface area contributed by atoms with Crippen LogP contribution in [0.3, 0.4) is 0 Å². The van der Waals surface area contributed by atoms with E-state index in [1.165, 1.54) is 22.1 Å². The van der Waals surface area contributed by atoms with Gasteiger partial charge in [0, 0.05) is 11.6 Å². The molecular weight excluding hydrogens is 242 g/mol. The second-order valence-corrected chi connectivity index (χ2v) is 4.70. The minimum Gasteiger partial charge on any atom is -0.256 e. The maximum Gasteiger partial charge on any atom is 0.0702 e. The Kier molecular flexibility index (Phi) is 4.89. The molecule has 1 aromatic heterocycles. The highest BCUT2D eigenvalue weighted by Gasteiger charge is 1.99. The van der Waals surface area contributed by atoms with Crippen LogP contribution in [0, 0.1) is 6.92 Å². The summed E-state index contributed by atoms with van der Waals surface area (Å²) in [7, 11) is 0. The van der Waals surface area contributed by atoms with E-state index in [9.17, 15) is 0 Å². The van der Waals surface area contributed by atoms with Crippen LogP contribution in [-0.4, -0.2) is 4.98 Å². The Hall–Kier alpha value is -2.15. The quantitative estimate of drug-likeness (QED) is 0.622. The number of hydrogen-bond acceptors (Lipinski definition) is 1. The van der Waals surface area contributed by atoms with Crippen LogP contribution < -0.4 is 0 Å². The Balaban J connectivity index is 0.000000704. The van der Waals surface area contributed by atoms with Crippen LogP contribution in [0.4, 0.5) is 0 Å². The van der Waals surface area contributed by atoms with Gasteiger partial charge in [-0.1, -0.05) is 50.2 Å². The smallest absolute Gasteiger partial charge is 0.0702 e. The summed E-state index contributed by atoms with van der Waals surface area (Å²) in [5.41, 5.74) is 4.95. The van der Waals surface area contributed by atoms with Crippen molar-refractivity contribution in [3.8, 4) is 0 Å². The molecule has 2 aromatic carbocycles. The summed E-state index contributed by atoms with van der Waals surface area (Å²) >= 11 is 0. The second kappa shape index (κ2) is 6.85. The highest BCUT2D eigenvalue weighted by atomic mass is 14.6. The van der Waals surface area contributed by atoms with Crippen molar-refractivity contribution in [3.63, 3.8) is 0 Å². The fraction of sp³-hybridized carbons (Fsp3) is 0.211. The van der Waals surface area contributed by atoms with E-state index >= 15 is 0 Å². The fourth-order valence-electron chi connectivity index (χ4n) is 2.23. The third-order valence-electron chi connectivity index (χ3n) is 3.13. The molecular formula is C19H21N. The highest BCUT2D eigenvalue weighted by molar-refractivity contribution is 5.79. The van der Waals surface area contributed by atoms with Crippen LogP contribution in [0.2, 0.25) is 0 Å². The molecule has 0 spiro atoms. The zero-order valence-electron chi connectivity index (χ0n) is 12.4. The van der Waals surface area contributed by atoms with Gasteiger partial charge in [0.2, 0.25) is 0 Å². The molecule has 3 rings (SSSR count). The lowest BCUT2D eigenvalue weighted by Gasteiger charge is -2.04. The molecule has 0 atom stereocenters. The molecule has 3 aromatic rings. The average molecular weight is 263 g/mol.